The number of benzene rings is 1. The van der Waals surface area contributed by atoms with Gasteiger partial charge in [0, 0.05) is 17.9 Å². The predicted octanol–water partition coefficient (Wildman–Crippen LogP) is 2.08. The van der Waals surface area contributed by atoms with Gasteiger partial charge in [0.15, 0.2) is 5.96 Å². The van der Waals surface area contributed by atoms with E-state index in [9.17, 15) is 0 Å². The fourth-order valence-corrected chi connectivity index (χ4v) is 1.81. The van der Waals surface area contributed by atoms with Crippen LogP contribution in [0.3, 0.4) is 0 Å². The van der Waals surface area contributed by atoms with Gasteiger partial charge in [0.1, 0.15) is 0 Å². The number of aromatic amines is 1. The van der Waals surface area contributed by atoms with Crippen molar-refractivity contribution in [3.05, 3.63) is 47.8 Å². The first-order chi connectivity index (χ1) is 9.25. The third-order valence-corrected chi connectivity index (χ3v) is 2.87. The molecule has 1 heterocycles. The molecule has 0 saturated carbocycles. The normalized spacial score (nSPS) is 11.5. The number of aryl methyl sites for hydroxylation is 2. The molecule has 0 radical (unpaired) electrons. The SMILES string of the molecule is Cc1[nH]ncc1CCCN=C(N)Nc1ccccc1. The molecular weight excluding hydrogens is 238 g/mol. The number of anilines is 1. The first-order valence-electron chi connectivity index (χ1n) is 6.36. The molecule has 5 heteroatoms. The van der Waals surface area contributed by atoms with Crippen LogP contribution in [0.5, 0.6) is 0 Å². The molecule has 0 bridgehead atoms. The lowest BCUT2D eigenvalue weighted by molar-refractivity contribution is 0.828. The number of nitrogens with zero attached hydrogens (tertiary/aromatic N) is 2. The number of hydrogen-bond acceptors (Lipinski definition) is 2. The molecule has 0 unspecified atom stereocenters. The smallest absolute Gasteiger partial charge is 0.193 e. The van der Waals surface area contributed by atoms with Crippen molar-refractivity contribution in [1.29, 1.82) is 0 Å². The third-order valence-electron chi connectivity index (χ3n) is 2.87. The molecule has 1 aromatic carbocycles. The molecule has 0 aliphatic carbocycles. The van der Waals surface area contributed by atoms with Gasteiger partial charge in [0.25, 0.3) is 0 Å². The Balaban J connectivity index is 1.75. The van der Waals surface area contributed by atoms with Gasteiger partial charge in [-0.2, -0.15) is 5.10 Å². The molecule has 5 nitrogen and oxygen atoms in total. The van der Waals surface area contributed by atoms with Crippen LogP contribution in [0, 0.1) is 6.92 Å². The molecule has 0 aliphatic rings. The quantitative estimate of drug-likeness (QED) is 0.436. The van der Waals surface area contributed by atoms with Gasteiger partial charge in [-0.3, -0.25) is 10.1 Å². The zero-order valence-electron chi connectivity index (χ0n) is 11.1. The summed E-state index contributed by atoms with van der Waals surface area (Å²) in [6.07, 6.45) is 3.78. The van der Waals surface area contributed by atoms with Crippen LogP contribution in [0.2, 0.25) is 0 Å². The minimum atomic E-state index is 0.454. The lowest BCUT2D eigenvalue weighted by Crippen LogP contribution is -2.22. The summed E-state index contributed by atoms with van der Waals surface area (Å²) in [7, 11) is 0. The third kappa shape index (κ3) is 4.13. The van der Waals surface area contributed by atoms with Crippen LogP contribution >= 0.6 is 0 Å². The van der Waals surface area contributed by atoms with Gasteiger partial charge in [-0.05, 0) is 37.5 Å². The minimum Gasteiger partial charge on any atom is -0.370 e. The maximum absolute atomic E-state index is 5.82. The number of nitrogens with two attached hydrogens (primary N) is 1. The first-order valence-corrected chi connectivity index (χ1v) is 6.36. The van der Waals surface area contributed by atoms with Crippen molar-refractivity contribution < 1.29 is 0 Å². The fraction of sp³-hybridized carbons (Fsp3) is 0.286. The van der Waals surface area contributed by atoms with E-state index in [1.54, 1.807) is 0 Å². The lowest BCUT2D eigenvalue weighted by atomic mass is 10.1. The minimum absolute atomic E-state index is 0.454. The van der Waals surface area contributed by atoms with Crippen molar-refractivity contribution in [2.24, 2.45) is 10.7 Å². The summed E-state index contributed by atoms with van der Waals surface area (Å²) in [5.74, 6) is 0.454. The van der Waals surface area contributed by atoms with Crippen molar-refractivity contribution in [3.8, 4) is 0 Å². The van der Waals surface area contributed by atoms with Crippen LogP contribution in [-0.2, 0) is 6.42 Å². The molecule has 0 amide bonds. The summed E-state index contributed by atoms with van der Waals surface area (Å²) in [5.41, 5.74) is 9.13. The van der Waals surface area contributed by atoms with Gasteiger partial charge in [0.2, 0.25) is 0 Å². The second-order valence-electron chi connectivity index (χ2n) is 4.38. The number of para-hydroxylation sites is 1. The van der Waals surface area contributed by atoms with E-state index in [0.717, 1.165) is 24.2 Å². The molecule has 0 spiro atoms. The molecule has 0 aliphatic heterocycles. The van der Waals surface area contributed by atoms with Gasteiger partial charge < -0.3 is 11.1 Å². The van der Waals surface area contributed by atoms with Crippen LogP contribution in [0.15, 0.2) is 41.5 Å². The number of hydrogen-bond donors (Lipinski definition) is 3. The molecule has 0 saturated heterocycles. The molecule has 2 rings (SSSR count). The van der Waals surface area contributed by atoms with Gasteiger partial charge >= 0.3 is 0 Å². The second kappa shape index (κ2) is 6.58. The Morgan fingerprint density at radius 3 is 2.84 bits per heavy atom. The molecule has 0 atom stereocenters. The Hall–Kier alpha value is -2.30. The zero-order chi connectivity index (χ0) is 13.5. The van der Waals surface area contributed by atoms with Gasteiger partial charge in [-0.1, -0.05) is 18.2 Å². The average Bonchev–Trinajstić information content (AvgIpc) is 2.81. The van der Waals surface area contributed by atoms with Crippen LogP contribution in [0.4, 0.5) is 5.69 Å². The topological polar surface area (TPSA) is 79.1 Å². The van der Waals surface area contributed by atoms with E-state index < -0.39 is 0 Å². The van der Waals surface area contributed by atoms with E-state index in [1.165, 1.54) is 5.56 Å². The summed E-state index contributed by atoms with van der Waals surface area (Å²) in [5, 5.41) is 9.98. The fourth-order valence-electron chi connectivity index (χ4n) is 1.81. The Morgan fingerprint density at radius 2 is 2.16 bits per heavy atom. The summed E-state index contributed by atoms with van der Waals surface area (Å²) < 4.78 is 0. The monoisotopic (exact) mass is 257 g/mol. The maximum atomic E-state index is 5.82. The van der Waals surface area contributed by atoms with Crippen molar-refractivity contribution >= 4 is 11.6 Å². The van der Waals surface area contributed by atoms with Gasteiger partial charge in [-0.25, -0.2) is 0 Å². The van der Waals surface area contributed by atoms with E-state index in [0.29, 0.717) is 12.5 Å². The standard InChI is InChI=1S/C14H19N5/c1-11-12(10-17-19-11)6-5-9-16-14(15)18-13-7-3-2-4-8-13/h2-4,7-8,10H,5-6,9H2,1H3,(H,17,19)(H3,15,16,18). The number of aliphatic imine (C=N–C) groups is 1. The Bertz CT molecular complexity index is 530. The zero-order valence-corrected chi connectivity index (χ0v) is 11.1. The van der Waals surface area contributed by atoms with Gasteiger partial charge in [-0.15, -0.1) is 0 Å². The number of H-pyrrole nitrogens is 1. The van der Waals surface area contributed by atoms with Crippen LogP contribution in [-0.4, -0.2) is 22.7 Å². The number of guanidine groups is 1. The maximum Gasteiger partial charge on any atom is 0.193 e. The molecule has 2 aromatic rings. The predicted molar refractivity (Wildman–Crippen MR) is 78.2 cm³/mol. The van der Waals surface area contributed by atoms with Crippen LogP contribution < -0.4 is 11.1 Å². The number of aromatic nitrogens is 2. The van der Waals surface area contributed by atoms with Crippen LogP contribution in [0.1, 0.15) is 17.7 Å². The molecule has 100 valence electrons. The molecular formula is C14H19N5. The van der Waals surface area contributed by atoms with Crippen LogP contribution in [0.25, 0.3) is 0 Å². The largest absolute Gasteiger partial charge is 0.370 e. The highest BCUT2D eigenvalue weighted by atomic mass is 15.1. The summed E-state index contributed by atoms with van der Waals surface area (Å²) in [6.45, 7) is 2.73. The first kappa shape index (κ1) is 13.1. The van der Waals surface area contributed by atoms with Crippen molar-refractivity contribution in [3.63, 3.8) is 0 Å². The highest BCUT2D eigenvalue weighted by Gasteiger charge is 1.99. The highest BCUT2D eigenvalue weighted by Crippen LogP contribution is 2.06. The van der Waals surface area contributed by atoms with Crippen molar-refractivity contribution in [2.75, 3.05) is 11.9 Å². The summed E-state index contributed by atoms with van der Waals surface area (Å²) >= 11 is 0. The Labute approximate surface area is 112 Å². The molecule has 19 heavy (non-hydrogen) atoms. The van der Waals surface area contributed by atoms with Crippen molar-refractivity contribution in [1.82, 2.24) is 10.2 Å². The van der Waals surface area contributed by atoms with Crippen molar-refractivity contribution in [2.45, 2.75) is 19.8 Å². The number of rotatable bonds is 5. The molecule has 4 N–H and O–H groups in total. The molecule has 0 fully saturated rings. The summed E-state index contributed by atoms with van der Waals surface area (Å²) in [4.78, 5) is 4.30. The second-order valence-corrected chi connectivity index (χ2v) is 4.38. The molecule has 1 aromatic heterocycles. The highest BCUT2D eigenvalue weighted by molar-refractivity contribution is 5.92. The number of nitrogens with one attached hydrogen (secondary N) is 2. The lowest BCUT2D eigenvalue weighted by Gasteiger charge is -2.04. The van der Waals surface area contributed by atoms with E-state index in [1.807, 2.05) is 43.5 Å². The van der Waals surface area contributed by atoms with E-state index >= 15 is 0 Å². The van der Waals surface area contributed by atoms with E-state index in [-0.39, 0.29) is 0 Å². The van der Waals surface area contributed by atoms with E-state index in [2.05, 4.69) is 20.5 Å². The summed E-state index contributed by atoms with van der Waals surface area (Å²) in [6, 6.07) is 9.79. The van der Waals surface area contributed by atoms with Gasteiger partial charge in [0.05, 0.1) is 6.20 Å². The average molecular weight is 257 g/mol. The van der Waals surface area contributed by atoms with E-state index in [4.69, 9.17) is 5.73 Å². The Kier molecular flexibility index (Phi) is 4.55. The Morgan fingerprint density at radius 1 is 1.37 bits per heavy atom.